The predicted octanol–water partition coefficient (Wildman–Crippen LogP) is 3.24. The number of nitrogens with one attached hydrogen (secondary N) is 1. The molecule has 0 radical (unpaired) electrons. The molecule has 1 aromatic carbocycles. The fourth-order valence-corrected chi connectivity index (χ4v) is 2.31. The van der Waals surface area contributed by atoms with Crippen LogP contribution in [0.15, 0.2) is 24.3 Å². The van der Waals surface area contributed by atoms with Crippen molar-refractivity contribution in [3.8, 4) is 0 Å². The second-order valence-corrected chi connectivity index (χ2v) is 5.97. The fraction of sp³-hybridized carbons (Fsp3) is 0.611. The SMILES string of the molecule is CCCCCCCCc1ccc(NC(=O)[C@@H](N)[C@H](C)O)cc1. The maximum Gasteiger partial charge on any atom is 0.243 e. The van der Waals surface area contributed by atoms with E-state index in [-0.39, 0.29) is 5.91 Å². The van der Waals surface area contributed by atoms with Gasteiger partial charge in [0.05, 0.1) is 6.10 Å². The van der Waals surface area contributed by atoms with Crippen LogP contribution >= 0.6 is 0 Å². The van der Waals surface area contributed by atoms with Crippen molar-refractivity contribution in [3.05, 3.63) is 29.8 Å². The number of amides is 1. The molecule has 0 saturated carbocycles. The van der Waals surface area contributed by atoms with Crippen LogP contribution in [0.4, 0.5) is 5.69 Å². The average Bonchev–Trinajstić information content (AvgIpc) is 2.51. The molecule has 0 unspecified atom stereocenters. The highest BCUT2D eigenvalue weighted by molar-refractivity contribution is 5.95. The summed E-state index contributed by atoms with van der Waals surface area (Å²) in [5.41, 5.74) is 7.59. The van der Waals surface area contributed by atoms with E-state index in [1.807, 2.05) is 24.3 Å². The van der Waals surface area contributed by atoms with Crippen molar-refractivity contribution < 1.29 is 9.90 Å². The molecule has 0 saturated heterocycles. The summed E-state index contributed by atoms with van der Waals surface area (Å²) in [5.74, 6) is -0.362. The average molecular weight is 306 g/mol. The lowest BCUT2D eigenvalue weighted by molar-refractivity contribution is -0.119. The van der Waals surface area contributed by atoms with Crippen LogP contribution in [-0.2, 0) is 11.2 Å². The summed E-state index contributed by atoms with van der Waals surface area (Å²) in [6, 6.07) is 6.95. The van der Waals surface area contributed by atoms with Crippen molar-refractivity contribution in [1.82, 2.24) is 0 Å². The standard InChI is InChI=1S/C18H30N2O2/c1-3-4-5-6-7-8-9-15-10-12-16(13-11-15)20-18(22)17(19)14(2)21/h10-14,17,21H,3-9,19H2,1-2H3,(H,20,22)/t14-,17-/m0/s1. The first kappa shape index (κ1) is 18.7. The van der Waals surface area contributed by atoms with E-state index >= 15 is 0 Å². The Kier molecular flexibility index (Phi) is 8.78. The van der Waals surface area contributed by atoms with Gasteiger partial charge in [0.25, 0.3) is 0 Å². The Morgan fingerprint density at radius 3 is 2.32 bits per heavy atom. The van der Waals surface area contributed by atoms with Gasteiger partial charge in [0.1, 0.15) is 6.04 Å². The second-order valence-electron chi connectivity index (χ2n) is 5.97. The van der Waals surface area contributed by atoms with Gasteiger partial charge >= 0.3 is 0 Å². The maximum atomic E-state index is 11.7. The summed E-state index contributed by atoms with van der Waals surface area (Å²) in [4.78, 5) is 11.7. The van der Waals surface area contributed by atoms with Gasteiger partial charge in [-0.3, -0.25) is 4.79 Å². The quantitative estimate of drug-likeness (QED) is 0.581. The van der Waals surface area contributed by atoms with E-state index in [9.17, 15) is 9.90 Å². The number of aryl methyl sites for hydroxylation is 1. The zero-order valence-corrected chi connectivity index (χ0v) is 13.8. The normalized spacial score (nSPS) is 13.6. The number of rotatable bonds is 10. The zero-order valence-electron chi connectivity index (χ0n) is 13.8. The first-order chi connectivity index (χ1) is 10.5. The molecule has 1 rings (SSSR count). The third-order valence-corrected chi connectivity index (χ3v) is 3.86. The third kappa shape index (κ3) is 7.05. The molecular formula is C18H30N2O2. The van der Waals surface area contributed by atoms with Crippen LogP contribution in [0.3, 0.4) is 0 Å². The van der Waals surface area contributed by atoms with Crippen LogP contribution in [-0.4, -0.2) is 23.2 Å². The monoisotopic (exact) mass is 306 g/mol. The van der Waals surface area contributed by atoms with Crippen molar-refractivity contribution in [2.24, 2.45) is 5.73 Å². The Morgan fingerprint density at radius 1 is 1.14 bits per heavy atom. The van der Waals surface area contributed by atoms with E-state index in [0.29, 0.717) is 5.69 Å². The Hall–Kier alpha value is -1.39. The number of anilines is 1. The number of carbonyl (C=O) groups excluding carboxylic acids is 1. The van der Waals surface area contributed by atoms with Crippen LogP contribution in [0.5, 0.6) is 0 Å². The van der Waals surface area contributed by atoms with Gasteiger partial charge in [-0.2, -0.15) is 0 Å². The number of aliphatic hydroxyl groups excluding tert-OH is 1. The molecule has 2 atom stereocenters. The Morgan fingerprint density at radius 2 is 1.73 bits per heavy atom. The topological polar surface area (TPSA) is 75.4 Å². The van der Waals surface area contributed by atoms with Gasteiger partial charge in [0.15, 0.2) is 0 Å². The number of hydrogen-bond donors (Lipinski definition) is 3. The first-order valence-corrected chi connectivity index (χ1v) is 8.38. The molecule has 0 aliphatic carbocycles. The lowest BCUT2D eigenvalue weighted by Crippen LogP contribution is -2.43. The highest BCUT2D eigenvalue weighted by atomic mass is 16.3. The number of benzene rings is 1. The van der Waals surface area contributed by atoms with Gasteiger partial charge in [0, 0.05) is 5.69 Å². The van der Waals surface area contributed by atoms with Gasteiger partial charge < -0.3 is 16.2 Å². The lowest BCUT2D eigenvalue weighted by Gasteiger charge is -2.14. The molecule has 0 aromatic heterocycles. The molecule has 0 aliphatic rings. The molecule has 1 amide bonds. The van der Waals surface area contributed by atoms with E-state index in [2.05, 4.69) is 12.2 Å². The van der Waals surface area contributed by atoms with Gasteiger partial charge in [-0.25, -0.2) is 0 Å². The minimum absolute atomic E-state index is 0.362. The van der Waals surface area contributed by atoms with E-state index in [0.717, 1.165) is 6.42 Å². The van der Waals surface area contributed by atoms with Crippen LogP contribution < -0.4 is 11.1 Å². The molecular weight excluding hydrogens is 276 g/mol. The number of nitrogens with two attached hydrogens (primary N) is 1. The number of hydrogen-bond acceptors (Lipinski definition) is 3. The largest absolute Gasteiger partial charge is 0.391 e. The molecule has 22 heavy (non-hydrogen) atoms. The van der Waals surface area contributed by atoms with Gasteiger partial charge in [-0.15, -0.1) is 0 Å². The van der Waals surface area contributed by atoms with Crippen LogP contribution in [0.25, 0.3) is 0 Å². The summed E-state index contributed by atoms with van der Waals surface area (Å²) in [6.07, 6.45) is 7.99. The van der Waals surface area contributed by atoms with Gasteiger partial charge in [-0.05, 0) is 37.5 Å². The molecule has 124 valence electrons. The highest BCUT2D eigenvalue weighted by Gasteiger charge is 2.18. The Bertz CT molecular complexity index is 429. The number of carbonyl (C=O) groups is 1. The molecule has 4 N–H and O–H groups in total. The summed E-state index contributed by atoms with van der Waals surface area (Å²) >= 11 is 0. The zero-order chi connectivity index (χ0) is 16.4. The molecule has 0 fully saturated rings. The molecule has 0 heterocycles. The van der Waals surface area contributed by atoms with Crippen LogP contribution in [0.1, 0.15) is 57.9 Å². The van der Waals surface area contributed by atoms with Crippen molar-refractivity contribution in [2.45, 2.75) is 70.9 Å². The molecule has 4 heteroatoms. The summed E-state index contributed by atoms with van der Waals surface area (Å²) in [7, 11) is 0. The molecule has 1 aromatic rings. The Labute approximate surface area is 134 Å². The molecule has 4 nitrogen and oxygen atoms in total. The van der Waals surface area contributed by atoms with E-state index < -0.39 is 12.1 Å². The van der Waals surface area contributed by atoms with Crippen molar-refractivity contribution in [3.63, 3.8) is 0 Å². The number of unbranched alkanes of at least 4 members (excludes halogenated alkanes) is 5. The lowest BCUT2D eigenvalue weighted by atomic mass is 10.0. The predicted molar refractivity (Wildman–Crippen MR) is 91.8 cm³/mol. The van der Waals surface area contributed by atoms with Crippen LogP contribution in [0.2, 0.25) is 0 Å². The van der Waals surface area contributed by atoms with Crippen molar-refractivity contribution in [2.75, 3.05) is 5.32 Å². The second kappa shape index (κ2) is 10.4. The van der Waals surface area contributed by atoms with Gasteiger partial charge in [-0.1, -0.05) is 51.2 Å². The summed E-state index contributed by atoms with van der Waals surface area (Å²) < 4.78 is 0. The van der Waals surface area contributed by atoms with E-state index in [1.165, 1.54) is 51.0 Å². The minimum Gasteiger partial charge on any atom is -0.391 e. The number of aliphatic hydroxyl groups is 1. The minimum atomic E-state index is -0.900. The maximum absolute atomic E-state index is 11.7. The first-order valence-electron chi connectivity index (χ1n) is 8.38. The molecule has 0 aliphatic heterocycles. The summed E-state index contributed by atoms with van der Waals surface area (Å²) in [6.45, 7) is 3.74. The smallest absolute Gasteiger partial charge is 0.243 e. The third-order valence-electron chi connectivity index (χ3n) is 3.86. The fourth-order valence-electron chi connectivity index (χ4n) is 2.31. The molecule has 0 bridgehead atoms. The van der Waals surface area contributed by atoms with Crippen LogP contribution in [0, 0.1) is 0 Å². The highest BCUT2D eigenvalue weighted by Crippen LogP contribution is 2.14. The molecule has 0 spiro atoms. The van der Waals surface area contributed by atoms with Crippen molar-refractivity contribution in [1.29, 1.82) is 0 Å². The van der Waals surface area contributed by atoms with E-state index in [1.54, 1.807) is 0 Å². The van der Waals surface area contributed by atoms with Crippen molar-refractivity contribution >= 4 is 11.6 Å². The summed E-state index contributed by atoms with van der Waals surface area (Å²) in [5, 5.41) is 12.0. The Balaban J connectivity index is 2.32. The van der Waals surface area contributed by atoms with E-state index in [4.69, 9.17) is 5.73 Å². The van der Waals surface area contributed by atoms with Gasteiger partial charge in [0.2, 0.25) is 5.91 Å².